The first kappa shape index (κ1) is 13.8. The molecule has 4 heteroatoms. The summed E-state index contributed by atoms with van der Waals surface area (Å²) in [4.78, 5) is 12.0. The van der Waals surface area contributed by atoms with Gasteiger partial charge in [0.2, 0.25) is 0 Å². The topological polar surface area (TPSA) is 44.8 Å². The Morgan fingerprint density at radius 3 is 2.67 bits per heavy atom. The standard InChI is InChI=1S/C17H24O4/c1-10-4-7-17(19-8-9-20-17)16(3)6-5-12-11(2)15(18)21-14(12)13(10)16/h11-14H,1,4-9H2,2-3H3/t11-,12-,13+,14-,16+/m0/s1. The molecule has 2 heterocycles. The van der Waals surface area contributed by atoms with E-state index in [0.29, 0.717) is 19.1 Å². The molecule has 4 rings (SSSR count). The van der Waals surface area contributed by atoms with E-state index in [4.69, 9.17) is 14.2 Å². The minimum atomic E-state index is -0.498. The fourth-order valence-corrected chi connectivity index (χ4v) is 5.31. The van der Waals surface area contributed by atoms with Crippen molar-refractivity contribution in [2.24, 2.45) is 23.2 Å². The van der Waals surface area contributed by atoms with Gasteiger partial charge < -0.3 is 14.2 Å². The van der Waals surface area contributed by atoms with Crippen LogP contribution in [0.5, 0.6) is 0 Å². The molecule has 2 saturated heterocycles. The summed E-state index contributed by atoms with van der Waals surface area (Å²) in [6.07, 6.45) is 3.75. The second-order valence-corrected chi connectivity index (χ2v) is 7.40. The number of hydrogen-bond donors (Lipinski definition) is 0. The fourth-order valence-electron chi connectivity index (χ4n) is 5.31. The molecule has 0 N–H and O–H groups in total. The molecule has 0 unspecified atom stereocenters. The first-order chi connectivity index (χ1) is 9.98. The molecule has 2 aliphatic carbocycles. The lowest BCUT2D eigenvalue weighted by Gasteiger charge is -2.57. The first-order valence-electron chi connectivity index (χ1n) is 8.15. The minimum Gasteiger partial charge on any atom is -0.461 e. The van der Waals surface area contributed by atoms with E-state index in [2.05, 4.69) is 13.5 Å². The van der Waals surface area contributed by atoms with E-state index in [1.165, 1.54) is 5.57 Å². The van der Waals surface area contributed by atoms with Gasteiger partial charge in [-0.25, -0.2) is 0 Å². The van der Waals surface area contributed by atoms with Crippen molar-refractivity contribution < 1.29 is 19.0 Å². The lowest BCUT2D eigenvalue weighted by Crippen LogP contribution is -2.61. The lowest BCUT2D eigenvalue weighted by atomic mass is 9.52. The first-order valence-corrected chi connectivity index (χ1v) is 8.15. The zero-order chi connectivity index (χ0) is 14.8. The normalized spacial score (nSPS) is 48.1. The molecule has 2 aliphatic heterocycles. The van der Waals surface area contributed by atoms with E-state index >= 15 is 0 Å². The Hall–Kier alpha value is -0.870. The highest BCUT2D eigenvalue weighted by molar-refractivity contribution is 5.75. The fraction of sp³-hybridized carbons (Fsp3) is 0.824. The third kappa shape index (κ3) is 1.61. The maximum Gasteiger partial charge on any atom is 0.309 e. The molecule has 0 aromatic rings. The van der Waals surface area contributed by atoms with E-state index in [1.54, 1.807) is 0 Å². The largest absolute Gasteiger partial charge is 0.461 e. The quantitative estimate of drug-likeness (QED) is 0.508. The van der Waals surface area contributed by atoms with Crippen LogP contribution in [0.25, 0.3) is 0 Å². The Kier molecular flexibility index (Phi) is 2.84. The molecule has 4 nitrogen and oxygen atoms in total. The van der Waals surface area contributed by atoms with Crippen LogP contribution in [-0.4, -0.2) is 31.1 Å². The monoisotopic (exact) mass is 292 g/mol. The van der Waals surface area contributed by atoms with Crippen molar-refractivity contribution in [3.8, 4) is 0 Å². The molecule has 0 radical (unpaired) electrons. The predicted octanol–water partition coefficient (Wildman–Crippen LogP) is 2.67. The van der Waals surface area contributed by atoms with Crippen molar-refractivity contribution in [2.45, 2.75) is 51.4 Å². The smallest absolute Gasteiger partial charge is 0.309 e. The highest BCUT2D eigenvalue weighted by Gasteiger charge is 2.66. The number of rotatable bonds is 0. The molecule has 116 valence electrons. The average Bonchev–Trinajstić information content (AvgIpc) is 3.03. The predicted molar refractivity (Wildman–Crippen MR) is 76.4 cm³/mol. The summed E-state index contributed by atoms with van der Waals surface area (Å²) in [5.74, 6) is -0.0475. The van der Waals surface area contributed by atoms with Crippen molar-refractivity contribution in [1.29, 1.82) is 0 Å². The summed E-state index contributed by atoms with van der Waals surface area (Å²) in [6.45, 7) is 9.89. The summed E-state index contributed by atoms with van der Waals surface area (Å²) in [7, 11) is 0. The highest BCUT2D eigenvalue weighted by Crippen LogP contribution is 2.63. The molecule has 5 atom stereocenters. The minimum absolute atomic E-state index is 0.00985. The second-order valence-electron chi connectivity index (χ2n) is 7.40. The van der Waals surface area contributed by atoms with E-state index in [9.17, 15) is 4.79 Å². The molecule has 1 spiro atoms. The molecule has 0 bridgehead atoms. The average molecular weight is 292 g/mol. The van der Waals surface area contributed by atoms with E-state index in [-0.39, 0.29) is 29.3 Å². The third-order valence-corrected chi connectivity index (χ3v) is 6.54. The second kappa shape index (κ2) is 4.32. The maximum absolute atomic E-state index is 12.0. The molecule has 4 aliphatic rings. The van der Waals surface area contributed by atoms with Crippen molar-refractivity contribution in [1.82, 2.24) is 0 Å². The van der Waals surface area contributed by atoms with Crippen LogP contribution >= 0.6 is 0 Å². The van der Waals surface area contributed by atoms with Crippen LogP contribution < -0.4 is 0 Å². The maximum atomic E-state index is 12.0. The number of ether oxygens (including phenoxy) is 3. The van der Waals surface area contributed by atoms with Gasteiger partial charge in [0.15, 0.2) is 5.79 Å². The zero-order valence-electron chi connectivity index (χ0n) is 12.9. The molecular weight excluding hydrogens is 268 g/mol. The van der Waals surface area contributed by atoms with Crippen LogP contribution in [0.3, 0.4) is 0 Å². The van der Waals surface area contributed by atoms with Crippen molar-refractivity contribution in [3.63, 3.8) is 0 Å². The number of fused-ring (bicyclic) bond motifs is 4. The Morgan fingerprint density at radius 1 is 1.24 bits per heavy atom. The van der Waals surface area contributed by atoms with Gasteiger partial charge in [-0.15, -0.1) is 0 Å². The van der Waals surface area contributed by atoms with Gasteiger partial charge in [-0.3, -0.25) is 4.79 Å². The van der Waals surface area contributed by atoms with Gasteiger partial charge in [-0.05, 0) is 19.3 Å². The zero-order valence-corrected chi connectivity index (χ0v) is 12.9. The summed E-state index contributed by atoms with van der Waals surface area (Å²) in [6, 6.07) is 0. The summed E-state index contributed by atoms with van der Waals surface area (Å²) >= 11 is 0. The van der Waals surface area contributed by atoms with Crippen LogP contribution in [0.2, 0.25) is 0 Å². The van der Waals surface area contributed by atoms with E-state index in [0.717, 1.165) is 25.7 Å². The van der Waals surface area contributed by atoms with Crippen molar-refractivity contribution in [2.75, 3.05) is 13.2 Å². The van der Waals surface area contributed by atoms with Crippen LogP contribution in [0.4, 0.5) is 0 Å². The van der Waals surface area contributed by atoms with E-state index in [1.807, 2.05) is 6.92 Å². The van der Waals surface area contributed by atoms with Gasteiger partial charge in [0.25, 0.3) is 0 Å². The Balaban J connectivity index is 1.75. The summed E-state index contributed by atoms with van der Waals surface area (Å²) in [5, 5.41) is 0. The summed E-state index contributed by atoms with van der Waals surface area (Å²) < 4.78 is 18.0. The van der Waals surface area contributed by atoms with Gasteiger partial charge in [-0.2, -0.15) is 0 Å². The molecule has 0 amide bonds. The van der Waals surface area contributed by atoms with Crippen LogP contribution in [0, 0.1) is 23.2 Å². The van der Waals surface area contributed by atoms with Crippen LogP contribution in [0.15, 0.2) is 12.2 Å². The van der Waals surface area contributed by atoms with Crippen molar-refractivity contribution in [3.05, 3.63) is 12.2 Å². The molecule has 21 heavy (non-hydrogen) atoms. The number of esters is 1. The number of carbonyl (C=O) groups excluding carboxylic acids is 1. The van der Waals surface area contributed by atoms with Crippen LogP contribution in [-0.2, 0) is 19.0 Å². The highest BCUT2D eigenvalue weighted by atomic mass is 16.7. The van der Waals surface area contributed by atoms with Gasteiger partial charge >= 0.3 is 5.97 Å². The Morgan fingerprint density at radius 2 is 1.95 bits per heavy atom. The Bertz CT molecular complexity index is 493. The molecular formula is C17H24O4. The van der Waals surface area contributed by atoms with Crippen LogP contribution in [0.1, 0.15) is 39.5 Å². The van der Waals surface area contributed by atoms with Crippen molar-refractivity contribution >= 4 is 5.97 Å². The van der Waals surface area contributed by atoms with Gasteiger partial charge in [0, 0.05) is 23.7 Å². The Labute approximate surface area is 125 Å². The van der Waals surface area contributed by atoms with Gasteiger partial charge in [0.1, 0.15) is 6.10 Å². The SMILES string of the molecule is C=C1CCC2(OCCO2)[C@]2(C)CC[C@@H]3[C@H](OC(=O)[C@H]3C)[C@@H]12. The van der Waals surface area contributed by atoms with Gasteiger partial charge in [0.05, 0.1) is 19.1 Å². The van der Waals surface area contributed by atoms with E-state index < -0.39 is 5.79 Å². The van der Waals surface area contributed by atoms with Gasteiger partial charge in [-0.1, -0.05) is 26.0 Å². The number of carbonyl (C=O) groups is 1. The summed E-state index contributed by atoms with van der Waals surface area (Å²) in [5.41, 5.74) is 1.07. The lowest BCUT2D eigenvalue weighted by molar-refractivity contribution is -0.279. The number of hydrogen-bond acceptors (Lipinski definition) is 4. The molecule has 0 aromatic carbocycles. The third-order valence-electron chi connectivity index (χ3n) is 6.54. The molecule has 2 saturated carbocycles. The molecule has 0 aromatic heterocycles. The molecule has 4 fully saturated rings.